The van der Waals surface area contributed by atoms with Gasteiger partial charge >= 0.3 is 5.97 Å². The molecule has 0 amide bonds. The molecular weight excluding hydrogens is 290 g/mol. The van der Waals surface area contributed by atoms with Gasteiger partial charge in [-0.3, -0.25) is 4.68 Å². The number of carbonyl (C=O) groups excluding carboxylic acids is 1. The van der Waals surface area contributed by atoms with E-state index in [0.717, 1.165) is 0 Å². The zero-order chi connectivity index (χ0) is 15.5. The molecule has 0 saturated heterocycles. The minimum Gasteiger partial charge on any atom is -0.464 e. The van der Waals surface area contributed by atoms with Crippen molar-refractivity contribution in [3.05, 3.63) is 52.8 Å². The predicted octanol–water partition coefficient (Wildman–Crippen LogP) is 2.26. The summed E-state index contributed by atoms with van der Waals surface area (Å²) in [5, 5.41) is 4.80. The Morgan fingerprint density at radius 3 is 2.62 bits per heavy atom. The molecule has 0 aliphatic rings. The van der Waals surface area contributed by atoms with Crippen LogP contribution in [0.1, 0.15) is 18.2 Å². The molecule has 1 aromatic heterocycles. The number of halogens is 1. The molecule has 0 aliphatic heterocycles. The number of aromatic nitrogens is 2. The van der Waals surface area contributed by atoms with Crippen molar-refractivity contribution < 1.29 is 9.53 Å². The number of hydrogen-bond donors (Lipinski definition) is 1. The third-order valence-corrected chi connectivity index (χ3v) is 3.60. The van der Waals surface area contributed by atoms with Crippen molar-refractivity contribution in [3.8, 4) is 0 Å². The second-order valence-electron chi connectivity index (χ2n) is 4.82. The molecule has 1 unspecified atom stereocenters. The molecular formula is C15H18ClN3O2. The minimum atomic E-state index is -1.31. The van der Waals surface area contributed by atoms with E-state index in [1.807, 2.05) is 18.2 Å². The van der Waals surface area contributed by atoms with Gasteiger partial charge in [-0.05, 0) is 19.4 Å². The van der Waals surface area contributed by atoms with Crippen molar-refractivity contribution in [2.75, 3.05) is 6.61 Å². The van der Waals surface area contributed by atoms with E-state index in [0.29, 0.717) is 16.3 Å². The lowest BCUT2D eigenvalue weighted by Crippen LogP contribution is -2.49. The standard InChI is InChI=1S/C15H18ClN3O2/c1-3-21-14(20)15(17,12-7-5-4-6-8-12)10-19-9-13(16)11(2)18-19/h4-9H,3,10,17H2,1-2H3. The number of hydrogen-bond acceptors (Lipinski definition) is 4. The molecule has 6 heteroatoms. The maximum Gasteiger partial charge on any atom is 0.332 e. The zero-order valence-electron chi connectivity index (χ0n) is 12.0. The molecule has 1 aromatic carbocycles. The molecule has 1 heterocycles. The summed E-state index contributed by atoms with van der Waals surface area (Å²) in [6.07, 6.45) is 1.65. The lowest BCUT2D eigenvalue weighted by Gasteiger charge is -2.27. The Balaban J connectivity index is 2.38. The Hall–Kier alpha value is -1.85. The van der Waals surface area contributed by atoms with Crippen LogP contribution in [0.5, 0.6) is 0 Å². The Morgan fingerprint density at radius 1 is 1.43 bits per heavy atom. The van der Waals surface area contributed by atoms with Gasteiger partial charge in [0.1, 0.15) is 0 Å². The van der Waals surface area contributed by atoms with Gasteiger partial charge in [0.25, 0.3) is 0 Å². The molecule has 2 N–H and O–H groups in total. The Labute approximate surface area is 128 Å². The van der Waals surface area contributed by atoms with Crippen LogP contribution in [0.3, 0.4) is 0 Å². The van der Waals surface area contributed by atoms with Crippen LogP contribution in [0.4, 0.5) is 0 Å². The number of carbonyl (C=O) groups is 1. The van der Waals surface area contributed by atoms with E-state index in [4.69, 9.17) is 22.1 Å². The average Bonchev–Trinajstić information content (AvgIpc) is 2.78. The molecule has 21 heavy (non-hydrogen) atoms. The summed E-state index contributed by atoms with van der Waals surface area (Å²) in [4.78, 5) is 12.3. The number of aryl methyl sites for hydroxylation is 1. The third-order valence-electron chi connectivity index (χ3n) is 3.23. The lowest BCUT2D eigenvalue weighted by atomic mass is 9.91. The van der Waals surface area contributed by atoms with Crippen LogP contribution in [-0.2, 0) is 21.6 Å². The zero-order valence-corrected chi connectivity index (χ0v) is 12.8. The summed E-state index contributed by atoms with van der Waals surface area (Å²) in [6, 6.07) is 9.13. The van der Waals surface area contributed by atoms with E-state index in [9.17, 15) is 4.79 Å². The predicted molar refractivity (Wildman–Crippen MR) is 80.9 cm³/mol. The fourth-order valence-corrected chi connectivity index (χ4v) is 2.25. The average molecular weight is 308 g/mol. The van der Waals surface area contributed by atoms with E-state index >= 15 is 0 Å². The Kier molecular flexibility index (Phi) is 4.65. The van der Waals surface area contributed by atoms with Crippen molar-refractivity contribution in [3.63, 3.8) is 0 Å². The quantitative estimate of drug-likeness (QED) is 0.860. The summed E-state index contributed by atoms with van der Waals surface area (Å²) in [7, 11) is 0. The number of benzene rings is 1. The second-order valence-corrected chi connectivity index (χ2v) is 5.23. The number of nitrogens with two attached hydrogens (primary N) is 1. The van der Waals surface area contributed by atoms with E-state index < -0.39 is 11.5 Å². The van der Waals surface area contributed by atoms with Crippen LogP contribution in [0.2, 0.25) is 5.02 Å². The molecule has 112 valence electrons. The molecule has 2 aromatic rings. The van der Waals surface area contributed by atoms with Gasteiger partial charge in [0.2, 0.25) is 0 Å². The lowest BCUT2D eigenvalue weighted by molar-refractivity contribution is -0.150. The molecule has 1 atom stereocenters. The van der Waals surface area contributed by atoms with Gasteiger partial charge < -0.3 is 10.5 Å². The molecule has 5 nitrogen and oxygen atoms in total. The molecule has 0 radical (unpaired) electrons. The number of ether oxygens (including phenoxy) is 1. The number of nitrogens with zero attached hydrogens (tertiary/aromatic N) is 2. The maximum atomic E-state index is 12.3. The van der Waals surface area contributed by atoms with E-state index in [1.54, 1.807) is 36.9 Å². The van der Waals surface area contributed by atoms with Gasteiger partial charge in [0.05, 0.1) is 23.9 Å². The number of esters is 1. The molecule has 0 bridgehead atoms. The highest BCUT2D eigenvalue weighted by atomic mass is 35.5. The SMILES string of the molecule is CCOC(=O)C(N)(Cn1cc(Cl)c(C)n1)c1ccccc1. The van der Waals surface area contributed by atoms with E-state index in [2.05, 4.69) is 5.10 Å². The van der Waals surface area contributed by atoms with Crippen molar-refractivity contribution in [1.29, 1.82) is 0 Å². The summed E-state index contributed by atoms with van der Waals surface area (Å²) >= 11 is 6.00. The molecule has 0 aliphatic carbocycles. The fourth-order valence-electron chi connectivity index (χ4n) is 2.10. The largest absolute Gasteiger partial charge is 0.464 e. The highest BCUT2D eigenvalue weighted by Crippen LogP contribution is 2.23. The molecule has 0 saturated carbocycles. The van der Waals surface area contributed by atoms with Crippen LogP contribution in [-0.4, -0.2) is 22.4 Å². The summed E-state index contributed by atoms with van der Waals surface area (Å²) in [5.41, 5.74) is 6.42. The Bertz CT molecular complexity index is 608. The number of rotatable bonds is 5. The van der Waals surface area contributed by atoms with Crippen molar-refractivity contribution >= 4 is 17.6 Å². The van der Waals surface area contributed by atoms with Crippen LogP contribution in [0.25, 0.3) is 0 Å². The monoisotopic (exact) mass is 307 g/mol. The second kappa shape index (κ2) is 6.28. The van der Waals surface area contributed by atoms with Crippen molar-refractivity contribution in [2.24, 2.45) is 5.73 Å². The van der Waals surface area contributed by atoms with Gasteiger partial charge in [0.15, 0.2) is 5.54 Å². The third kappa shape index (κ3) is 3.25. The molecule has 0 spiro atoms. The maximum absolute atomic E-state index is 12.3. The Morgan fingerprint density at radius 2 is 2.10 bits per heavy atom. The highest BCUT2D eigenvalue weighted by Gasteiger charge is 2.38. The van der Waals surface area contributed by atoms with Gasteiger partial charge in [-0.2, -0.15) is 5.10 Å². The first-order chi connectivity index (χ1) is 9.97. The first kappa shape index (κ1) is 15.5. The van der Waals surface area contributed by atoms with Crippen LogP contribution in [0.15, 0.2) is 36.5 Å². The normalized spacial score (nSPS) is 13.7. The van der Waals surface area contributed by atoms with Gasteiger partial charge in [-0.1, -0.05) is 41.9 Å². The first-order valence-corrected chi connectivity index (χ1v) is 7.06. The van der Waals surface area contributed by atoms with Gasteiger partial charge in [-0.15, -0.1) is 0 Å². The fraction of sp³-hybridized carbons (Fsp3) is 0.333. The van der Waals surface area contributed by atoms with Crippen molar-refractivity contribution in [1.82, 2.24) is 9.78 Å². The summed E-state index contributed by atoms with van der Waals surface area (Å²) in [6.45, 7) is 3.97. The minimum absolute atomic E-state index is 0.156. The first-order valence-electron chi connectivity index (χ1n) is 6.68. The topological polar surface area (TPSA) is 70.1 Å². The highest BCUT2D eigenvalue weighted by molar-refractivity contribution is 6.31. The summed E-state index contributed by atoms with van der Waals surface area (Å²) < 4.78 is 6.70. The van der Waals surface area contributed by atoms with E-state index in [-0.39, 0.29) is 13.2 Å². The summed E-state index contributed by atoms with van der Waals surface area (Å²) in [5.74, 6) is -0.486. The van der Waals surface area contributed by atoms with Crippen LogP contribution >= 0.6 is 11.6 Å². The van der Waals surface area contributed by atoms with E-state index in [1.165, 1.54) is 0 Å². The molecule has 2 rings (SSSR count). The van der Waals surface area contributed by atoms with Crippen molar-refractivity contribution in [2.45, 2.75) is 25.9 Å². The van der Waals surface area contributed by atoms with Gasteiger partial charge in [-0.25, -0.2) is 4.79 Å². The molecule has 0 fully saturated rings. The van der Waals surface area contributed by atoms with Gasteiger partial charge in [0, 0.05) is 6.20 Å². The van der Waals surface area contributed by atoms with Crippen LogP contribution in [0, 0.1) is 6.92 Å². The smallest absolute Gasteiger partial charge is 0.332 e. The van der Waals surface area contributed by atoms with Crippen LogP contribution < -0.4 is 5.73 Å².